The first-order chi connectivity index (χ1) is 8.22. The fourth-order valence-corrected chi connectivity index (χ4v) is 3.02. The number of ketones is 1. The molecule has 0 spiro atoms. The highest BCUT2D eigenvalue weighted by molar-refractivity contribution is 5.88. The minimum atomic E-state index is -0.277. The topological polar surface area (TPSA) is 35.5 Å². The molecule has 1 aliphatic carbocycles. The van der Waals surface area contributed by atoms with Gasteiger partial charge in [-0.25, -0.2) is 0 Å². The van der Waals surface area contributed by atoms with Crippen LogP contribution in [-0.2, 0) is 10.2 Å². The second-order valence-electron chi connectivity index (χ2n) is 4.91. The molecule has 1 aromatic carbocycles. The van der Waals surface area contributed by atoms with Gasteiger partial charge < -0.3 is 9.47 Å². The van der Waals surface area contributed by atoms with E-state index in [0.29, 0.717) is 0 Å². The smallest absolute Gasteiger partial charge is 0.231 e. The van der Waals surface area contributed by atoms with Crippen LogP contribution in [-0.4, -0.2) is 12.6 Å². The predicted molar refractivity (Wildman–Crippen MR) is 63.4 cm³/mol. The van der Waals surface area contributed by atoms with Crippen LogP contribution >= 0.6 is 0 Å². The molecule has 0 saturated heterocycles. The van der Waals surface area contributed by atoms with Crippen molar-refractivity contribution in [3.05, 3.63) is 23.8 Å². The van der Waals surface area contributed by atoms with E-state index in [1.807, 2.05) is 18.2 Å². The van der Waals surface area contributed by atoms with Crippen molar-refractivity contribution in [3.63, 3.8) is 0 Å². The molecule has 0 amide bonds. The third-order valence-electron chi connectivity index (χ3n) is 4.06. The summed E-state index contributed by atoms with van der Waals surface area (Å²) in [5.41, 5.74) is 0.813. The molecule has 3 rings (SSSR count). The number of fused-ring (bicyclic) bond motifs is 1. The van der Waals surface area contributed by atoms with Crippen molar-refractivity contribution in [2.24, 2.45) is 0 Å². The van der Waals surface area contributed by atoms with Crippen LogP contribution < -0.4 is 9.47 Å². The number of ether oxygens (including phenoxy) is 2. The molecule has 2 aliphatic rings. The average Bonchev–Trinajstić information content (AvgIpc) is 2.97. The molecule has 1 fully saturated rings. The molecule has 1 aromatic rings. The molecule has 1 heterocycles. The number of hydrogen-bond acceptors (Lipinski definition) is 3. The van der Waals surface area contributed by atoms with Crippen LogP contribution in [0.25, 0.3) is 0 Å². The van der Waals surface area contributed by atoms with E-state index in [4.69, 9.17) is 9.47 Å². The minimum Gasteiger partial charge on any atom is -0.454 e. The van der Waals surface area contributed by atoms with Crippen molar-refractivity contribution in [1.82, 2.24) is 0 Å². The van der Waals surface area contributed by atoms with Gasteiger partial charge in [-0.05, 0) is 37.5 Å². The number of carbonyl (C=O) groups excluding carboxylic acids is 1. The molecular formula is C14H16O3. The Kier molecular flexibility index (Phi) is 2.35. The maximum atomic E-state index is 12.0. The maximum Gasteiger partial charge on any atom is 0.231 e. The monoisotopic (exact) mass is 232 g/mol. The Morgan fingerprint density at radius 3 is 2.59 bits per heavy atom. The van der Waals surface area contributed by atoms with Crippen LogP contribution in [0.15, 0.2) is 18.2 Å². The molecule has 90 valence electrons. The zero-order valence-electron chi connectivity index (χ0n) is 9.99. The largest absolute Gasteiger partial charge is 0.454 e. The van der Waals surface area contributed by atoms with Gasteiger partial charge in [0.2, 0.25) is 6.79 Å². The molecular weight excluding hydrogens is 216 g/mol. The Bertz CT molecular complexity index is 459. The van der Waals surface area contributed by atoms with Crippen molar-refractivity contribution in [2.75, 3.05) is 6.79 Å². The summed E-state index contributed by atoms with van der Waals surface area (Å²) in [4.78, 5) is 12.0. The van der Waals surface area contributed by atoms with Crippen molar-refractivity contribution < 1.29 is 14.3 Å². The summed E-state index contributed by atoms with van der Waals surface area (Å²) in [7, 11) is 0. The van der Waals surface area contributed by atoms with Crippen molar-refractivity contribution in [1.29, 1.82) is 0 Å². The molecule has 0 bridgehead atoms. The van der Waals surface area contributed by atoms with E-state index in [9.17, 15) is 4.79 Å². The molecule has 3 heteroatoms. The third-order valence-corrected chi connectivity index (χ3v) is 4.06. The predicted octanol–water partition coefficient (Wildman–Crippen LogP) is 2.82. The van der Waals surface area contributed by atoms with E-state index in [1.54, 1.807) is 6.92 Å². The lowest BCUT2D eigenvalue weighted by Crippen LogP contribution is -2.30. The van der Waals surface area contributed by atoms with E-state index in [2.05, 4.69) is 0 Å². The zero-order chi connectivity index (χ0) is 11.9. The Hall–Kier alpha value is -1.51. The van der Waals surface area contributed by atoms with Gasteiger partial charge in [-0.3, -0.25) is 4.79 Å². The molecule has 0 atom stereocenters. The van der Waals surface area contributed by atoms with E-state index in [0.717, 1.165) is 42.7 Å². The van der Waals surface area contributed by atoms with Gasteiger partial charge in [0.1, 0.15) is 5.78 Å². The molecule has 17 heavy (non-hydrogen) atoms. The van der Waals surface area contributed by atoms with Crippen LogP contribution in [0.2, 0.25) is 0 Å². The summed E-state index contributed by atoms with van der Waals surface area (Å²) in [5, 5.41) is 0. The summed E-state index contributed by atoms with van der Waals surface area (Å²) >= 11 is 0. The first-order valence-electron chi connectivity index (χ1n) is 6.13. The van der Waals surface area contributed by atoms with Gasteiger partial charge >= 0.3 is 0 Å². The molecule has 1 saturated carbocycles. The number of benzene rings is 1. The van der Waals surface area contributed by atoms with E-state index >= 15 is 0 Å². The van der Waals surface area contributed by atoms with Gasteiger partial charge in [0.15, 0.2) is 11.5 Å². The van der Waals surface area contributed by atoms with Gasteiger partial charge in [-0.1, -0.05) is 18.9 Å². The van der Waals surface area contributed by atoms with E-state index in [1.165, 1.54) is 0 Å². The van der Waals surface area contributed by atoms with E-state index < -0.39 is 0 Å². The Balaban J connectivity index is 2.05. The van der Waals surface area contributed by atoms with Gasteiger partial charge in [0.25, 0.3) is 0 Å². The van der Waals surface area contributed by atoms with Gasteiger partial charge in [0, 0.05) is 0 Å². The lowest BCUT2D eigenvalue weighted by atomic mass is 9.76. The van der Waals surface area contributed by atoms with Crippen LogP contribution in [0.3, 0.4) is 0 Å². The molecule has 3 nitrogen and oxygen atoms in total. The lowest BCUT2D eigenvalue weighted by molar-refractivity contribution is -0.122. The van der Waals surface area contributed by atoms with Crippen LogP contribution in [0.4, 0.5) is 0 Å². The van der Waals surface area contributed by atoms with Gasteiger partial charge in [-0.2, -0.15) is 0 Å². The molecule has 0 N–H and O–H groups in total. The standard InChI is InChI=1S/C14H16O3/c1-10(15)14(6-2-3-7-14)11-4-5-12-13(8-11)17-9-16-12/h4-5,8H,2-3,6-7,9H2,1H3. The summed E-state index contributed by atoms with van der Waals surface area (Å²) in [6.07, 6.45) is 4.19. The lowest BCUT2D eigenvalue weighted by Gasteiger charge is -2.26. The summed E-state index contributed by atoms with van der Waals surface area (Å²) in [6, 6.07) is 5.91. The fraction of sp³-hybridized carbons (Fsp3) is 0.500. The SMILES string of the molecule is CC(=O)C1(c2ccc3c(c2)OCO3)CCCC1. The van der Waals surface area contributed by atoms with Gasteiger partial charge in [-0.15, -0.1) is 0 Å². The summed E-state index contributed by atoms with van der Waals surface area (Å²) in [5.74, 6) is 1.83. The highest BCUT2D eigenvalue weighted by Gasteiger charge is 2.40. The van der Waals surface area contributed by atoms with Crippen LogP contribution in [0.5, 0.6) is 11.5 Å². The third kappa shape index (κ3) is 1.53. The maximum absolute atomic E-state index is 12.0. The second kappa shape index (κ2) is 3.76. The number of carbonyl (C=O) groups is 1. The molecule has 0 aromatic heterocycles. The first-order valence-corrected chi connectivity index (χ1v) is 6.13. The van der Waals surface area contributed by atoms with Crippen LogP contribution in [0.1, 0.15) is 38.2 Å². The summed E-state index contributed by atoms with van der Waals surface area (Å²) in [6.45, 7) is 1.99. The van der Waals surface area contributed by atoms with Crippen LogP contribution in [0, 0.1) is 0 Å². The number of Topliss-reactive ketones (excluding diaryl/α,β-unsaturated/α-hetero) is 1. The fourth-order valence-electron chi connectivity index (χ4n) is 3.02. The van der Waals surface area contributed by atoms with Crippen molar-refractivity contribution >= 4 is 5.78 Å². The highest BCUT2D eigenvalue weighted by atomic mass is 16.7. The molecule has 1 aliphatic heterocycles. The molecule has 0 unspecified atom stereocenters. The Morgan fingerprint density at radius 2 is 1.88 bits per heavy atom. The average molecular weight is 232 g/mol. The van der Waals surface area contributed by atoms with E-state index in [-0.39, 0.29) is 18.0 Å². The molecule has 0 radical (unpaired) electrons. The quantitative estimate of drug-likeness (QED) is 0.786. The van der Waals surface area contributed by atoms with Crippen molar-refractivity contribution in [3.8, 4) is 11.5 Å². The number of hydrogen-bond donors (Lipinski definition) is 0. The second-order valence-corrected chi connectivity index (χ2v) is 4.91. The van der Waals surface area contributed by atoms with Crippen molar-refractivity contribution in [2.45, 2.75) is 38.0 Å². The normalized spacial score (nSPS) is 20.5. The van der Waals surface area contributed by atoms with Gasteiger partial charge in [0.05, 0.1) is 5.41 Å². The zero-order valence-corrected chi connectivity index (χ0v) is 9.99. The Labute approximate surface area is 101 Å². The highest BCUT2D eigenvalue weighted by Crippen LogP contribution is 2.45. The number of rotatable bonds is 2. The summed E-state index contributed by atoms with van der Waals surface area (Å²) < 4.78 is 10.7. The Morgan fingerprint density at radius 1 is 1.18 bits per heavy atom. The first kappa shape index (κ1) is 10.6. The minimum absolute atomic E-state index is 0.272.